The number of anilines is 1. The second-order valence-corrected chi connectivity index (χ2v) is 10.8. The number of benzene rings is 3. The van der Waals surface area contributed by atoms with Crippen molar-refractivity contribution in [1.29, 1.82) is 0 Å². The Balaban J connectivity index is 1.54. The molecule has 0 saturated carbocycles. The molecular weight excluding hydrogens is 573 g/mol. The van der Waals surface area contributed by atoms with E-state index in [0.717, 1.165) is 27.8 Å². The molecule has 10 heteroatoms. The van der Waals surface area contributed by atoms with Crippen molar-refractivity contribution >= 4 is 46.7 Å². The molecule has 0 aliphatic carbocycles. The Bertz CT molecular complexity index is 1480. The summed E-state index contributed by atoms with van der Waals surface area (Å²) < 4.78 is 0. The third kappa shape index (κ3) is 8.80. The molecule has 0 radical (unpaired) electrons. The zero-order valence-electron chi connectivity index (χ0n) is 22.7. The minimum absolute atomic E-state index is 0.142. The Morgan fingerprint density at radius 2 is 1.33 bits per heavy atom. The van der Waals surface area contributed by atoms with E-state index in [1.807, 2.05) is 18.2 Å². The summed E-state index contributed by atoms with van der Waals surface area (Å²) in [6, 6.07) is 24.0. The fourth-order valence-corrected chi connectivity index (χ4v) is 4.83. The number of nitrogens with two attached hydrogens (primary N) is 2. The molecule has 3 amide bonds. The highest BCUT2D eigenvalue weighted by Gasteiger charge is 2.28. The SMILES string of the molecule is NC(=O)Cc1ccc(CNC(=O)C(CCc2ccnc(N)c2)NC(=O)C(c2ccc(Cl)cc2)c2ccc(Cl)cc2)cc1. The first kappa shape index (κ1) is 30.6. The molecule has 1 unspecified atom stereocenters. The highest BCUT2D eigenvalue weighted by molar-refractivity contribution is 6.30. The number of halogens is 2. The van der Waals surface area contributed by atoms with Gasteiger partial charge in [-0.25, -0.2) is 4.98 Å². The number of hydrogen-bond donors (Lipinski definition) is 4. The van der Waals surface area contributed by atoms with E-state index < -0.39 is 17.9 Å². The summed E-state index contributed by atoms with van der Waals surface area (Å²) in [5, 5.41) is 7.00. The van der Waals surface area contributed by atoms with E-state index in [2.05, 4.69) is 15.6 Å². The van der Waals surface area contributed by atoms with Gasteiger partial charge in [-0.2, -0.15) is 0 Å². The van der Waals surface area contributed by atoms with Crippen LogP contribution < -0.4 is 22.1 Å². The molecule has 8 nitrogen and oxygen atoms in total. The fraction of sp³-hybridized carbons (Fsp3) is 0.188. The number of rotatable bonds is 12. The van der Waals surface area contributed by atoms with Crippen molar-refractivity contribution in [3.05, 3.63) is 129 Å². The van der Waals surface area contributed by atoms with Gasteiger partial charge in [0.15, 0.2) is 0 Å². The highest BCUT2D eigenvalue weighted by Crippen LogP contribution is 2.28. The van der Waals surface area contributed by atoms with Crippen LogP contribution in [-0.4, -0.2) is 28.7 Å². The number of nitrogen functional groups attached to an aromatic ring is 1. The van der Waals surface area contributed by atoms with Crippen molar-refractivity contribution in [1.82, 2.24) is 15.6 Å². The summed E-state index contributed by atoms with van der Waals surface area (Å²) in [6.45, 7) is 0.238. The topological polar surface area (TPSA) is 140 Å². The van der Waals surface area contributed by atoms with Crippen LogP contribution in [-0.2, 0) is 33.8 Å². The van der Waals surface area contributed by atoms with Gasteiger partial charge >= 0.3 is 0 Å². The molecule has 0 saturated heterocycles. The van der Waals surface area contributed by atoms with E-state index >= 15 is 0 Å². The summed E-state index contributed by atoms with van der Waals surface area (Å²) in [5.74, 6) is -1.42. The lowest BCUT2D eigenvalue weighted by Crippen LogP contribution is -2.48. The maximum absolute atomic E-state index is 13.9. The average molecular weight is 605 g/mol. The Hall–Kier alpha value is -4.40. The summed E-state index contributed by atoms with van der Waals surface area (Å²) in [6.07, 6.45) is 2.56. The molecule has 0 fully saturated rings. The smallest absolute Gasteiger partial charge is 0.242 e. The summed E-state index contributed by atoms with van der Waals surface area (Å²) in [4.78, 5) is 42.6. The van der Waals surface area contributed by atoms with Crippen LogP contribution >= 0.6 is 23.2 Å². The van der Waals surface area contributed by atoms with Crippen LogP contribution in [0.4, 0.5) is 5.82 Å². The minimum atomic E-state index is -0.844. The number of carbonyl (C=O) groups excluding carboxylic acids is 3. The normalized spacial score (nSPS) is 11.6. The quantitative estimate of drug-likeness (QED) is 0.188. The lowest BCUT2D eigenvalue weighted by atomic mass is 9.90. The number of aryl methyl sites for hydroxylation is 1. The monoisotopic (exact) mass is 603 g/mol. The van der Waals surface area contributed by atoms with Crippen molar-refractivity contribution in [3.63, 3.8) is 0 Å². The van der Waals surface area contributed by atoms with E-state index in [9.17, 15) is 14.4 Å². The first-order valence-electron chi connectivity index (χ1n) is 13.3. The summed E-state index contributed by atoms with van der Waals surface area (Å²) in [5.41, 5.74) is 15.1. The third-order valence-electron chi connectivity index (χ3n) is 6.74. The molecule has 0 spiro atoms. The molecule has 1 heterocycles. The van der Waals surface area contributed by atoms with Crippen molar-refractivity contribution in [2.75, 3.05) is 5.73 Å². The van der Waals surface area contributed by atoms with Crippen LogP contribution in [0.5, 0.6) is 0 Å². The fourth-order valence-electron chi connectivity index (χ4n) is 4.58. The van der Waals surface area contributed by atoms with Crippen molar-refractivity contribution in [3.8, 4) is 0 Å². The Labute approximate surface area is 254 Å². The molecule has 1 atom stereocenters. The standard InChI is InChI=1S/C32H31Cl2N5O3/c33-25-10-6-23(7-11-25)30(24-8-12-26(34)13-9-24)32(42)39-27(14-5-21-15-16-37-28(35)17-21)31(41)38-19-22-3-1-20(2-4-22)18-29(36)40/h1-4,6-13,15-17,27,30H,5,14,18-19H2,(H2,35,37)(H2,36,40)(H,38,41)(H,39,42). The number of hydrogen-bond acceptors (Lipinski definition) is 5. The Morgan fingerprint density at radius 3 is 1.88 bits per heavy atom. The van der Waals surface area contributed by atoms with E-state index in [1.54, 1.807) is 72.9 Å². The number of primary amides is 1. The molecule has 0 bridgehead atoms. The molecule has 42 heavy (non-hydrogen) atoms. The summed E-state index contributed by atoms with van der Waals surface area (Å²) >= 11 is 12.2. The zero-order valence-corrected chi connectivity index (χ0v) is 24.2. The van der Waals surface area contributed by atoms with Gasteiger partial charge in [-0.05, 0) is 77.1 Å². The van der Waals surface area contributed by atoms with Gasteiger partial charge in [0.05, 0.1) is 12.3 Å². The van der Waals surface area contributed by atoms with Gasteiger partial charge in [-0.1, -0.05) is 71.7 Å². The predicted molar refractivity (Wildman–Crippen MR) is 165 cm³/mol. The van der Waals surface area contributed by atoms with E-state index in [0.29, 0.717) is 28.7 Å². The van der Waals surface area contributed by atoms with Gasteiger partial charge in [0.2, 0.25) is 17.7 Å². The largest absolute Gasteiger partial charge is 0.384 e. The minimum Gasteiger partial charge on any atom is -0.384 e. The van der Waals surface area contributed by atoms with Crippen LogP contribution in [0.3, 0.4) is 0 Å². The number of pyridine rings is 1. The lowest BCUT2D eigenvalue weighted by molar-refractivity contribution is -0.129. The molecule has 1 aromatic heterocycles. The van der Waals surface area contributed by atoms with Gasteiger partial charge in [-0.15, -0.1) is 0 Å². The van der Waals surface area contributed by atoms with Crippen molar-refractivity contribution < 1.29 is 14.4 Å². The van der Waals surface area contributed by atoms with E-state index in [1.165, 1.54) is 0 Å². The highest BCUT2D eigenvalue weighted by atomic mass is 35.5. The average Bonchev–Trinajstić information content (AvgIpc) is 2.96. The number of amides is 3. The molecule has 0 aliphatic heterocycles. The number of nitrogens with zero attached hydrogens (tertiary/aromatic N) is 1. The molecule has 4 rings (SSSR count). The first-order valence-corrected chi connectivity index (χ1v) is 14.1. The Morgan fingerprint density at radius 1 is 0.762 bits per heavy atom. The van der Waals surface area contributed by atoms with Crippen LogP contribution in [0.1, 0.15) is 40.2 Å². The van der Waals surface area contributed by atoms with Crippen LogP contribution in [0, 0.1) is 0 Å². The zero-order chi connectivity index (χ0) is 30.1. The van der Waals surface area contributed by atoms with E-state index in [-0.39, 0.29) is 24.8 Å². The van der Waals surface area contributed by atoms with Crippen molar-refractivity contribution in [2.45, 2.75) is 37.8 Å². The van der Waals surface area contributed by atoms with Gasteiger partial charge < -0.3 is 22.1 Å². The lowest BCUT2D eigenvalue weighted by Gasteiger charge is -2.23. The Kier molecular flexibility index (Phi) is 10.5. The second kappa shape index (κ2) is 14.5. The van der Waals surface area contributed by atoms with Gasteiger partial charge in [0, 0.05) is 22.8 Å². The number of aromatic nitrogens is 1. The second-order valence-electron chi connectivity index (χ2n) is 9.90. The molecule has 3 aromatic carbocycles. The molecule has 216 valence electrons. The van der Waals surface area contributed by atoms with E-state index in [4.69, 9.17) is 34.7 Å². The van der Waals surface area contributed by atoms with Crippen LogP contribution in [0.2, 0.25) is 10.0 Å². The van der Waals surface area contributed by atoms with Gasteiger partial charge in [0.1, 0.15) is 11.9 Å². The molecule has 4 aromatic rings. The van der Waals surface area contributed by atoms with Crippen LogP contribution in [0.15, 0.2) is 91.1 Å². The molecule has 6 N–H and O–H groups in total. The van der Waals surface area contributed by atoms with Gasteiger partial charge in [0.25, 0.3) is 0 Å². The maximum atomic E-state index is 13.9. The third-order valence-corrected chi connectivity index (χ3v) is 7.24. The van der Waals surface area contributed by atoms with Gasteiger partial charge in [-0.3, -0.25) is 14.4 Å². The number of nitrogens with one attached hydrogen (secondary N) is 2. The molecule has 0 aliphatic rings. The maximum Gasteiger partial charge on any atom is 0.242 e. The summed E-state index contributed by atoms with van der Waals surface area (Å²) in [7, 11) is 0. The first-order chi connectivity index (χ1) is 20.2. The van der Waals surface area contributed by atoms with Crippen LogP contribution in [0.25, 0.3) is 0 Å². The molecular formula is C32H31Cl2N5O3. The predicted octanol–water partition coefficient (Wildman–Crippen LogP) is 4.56. The number of carbonyl (C=O) groups is 3. The van der Waals surface area contributed by atoms with Crippen molar-refractivity contribution in [2.24, 2.45) is 5.73 Å².